The number of Topliss-reactive ketones (excluding diaryl/α,β-unsaturated/α-hetero) is 1. The first-order valence-corrected chi connectivity index (χ1v) is 15.9. The lowest BCUT2D eigenvalue weighted by atomic mass is 9.80. The maximum absolute atomic E-state index is 13.8. The van der Waals surface area contributed by atoms with E-state index in [0.717, 1.165) is 27.3 Å². The lowest BCUT2D eigenvalue weighted by Crippen LogP contribution is -2.68. The number of primary amides is 1. The van der Waals surface area contributed by atoms with Crippen molar-refractivity contribution in [3.63, 3.8) is 0 Å². The molecule has 2 amide bonds. The summed E-state index contributed by atoms with van der Waals surface area (Å²) in [5.41, 5.74) is 5.47. The molecule has 3 aromatic carbocycles. The molecular weight excluding hydrogens is 571 g/mol. The van der Waals surface area contributed by atoms with Crippen molar-refractivity contribution in [3.8, 4) is 0 Å². The highest BCUT2D eigenvalue weighted by Gasteiger charge is 2.55. The second-order valence-corrected chi connectivity index (χ2v) is 14.3. The number of aliphatic carboxylic acids is 1. The van der Waals surface area contributed by atoms with Gasteiger partial charge in [0, 0.05) is 24.3 Å². The fourth-order valence-corrected chi connectivity index (χ4v) is 10.8. The van der Waals surface area contributed by atoms with Crippen molar-refractivity contribution >= 4 is 63.1 Å². The predicted molar refractivity (Wildman–Crippen MR) is 165 cm³/mol. The van der Waals surface area contributed by atoms with Crippen LogP contribution in [0.1, 0.15) is 33.4 Å². The van der Waals surface area contributed by atoms with E-state index < -0.39 is 42.7 Å². The molecule has 1 aliphatic rings. The van der Waals surface area contributed by atoms with Crippen LogP contribution in [-0.2, 0) is 9.59 Å². The molecule has 42 heavy (non-hydrogen) atoms. The zero-order chi connectivity index (χ0) is 30.0. The van der Waals surface area contributed by atoms with Crippen LogP contribution in [0.2, 0.25) is 0 Å². The Morgan fingerprint density at radius 2 is 1.38 bits per heavy atom. The summed E-state index contributed by atoms with van der Waals surface area (Å²) < 4.78 is 0. The molecule has 1 saturated heterocycles. The van der Waals surface area contributed by atoms with Gasteiger partial charge in [0.1, 0.15) is 5.42 Å². The number of carbonyl (C=O) groups excluding carboxylic acids is 3. The summed E-state index contributed by atoms with van der Waals surface area (Å²) in [4.78, 5) is 53.8. The molecule has 0 spiro atoms. The fraction of sp³-hybridized carbons (Fsp3) is 0.156. The number of carboxylic acid groups (broad SMARTS) is 1. The molecule has 214 valence electrons. The van der Waals surface area contributed by atoms with Crippen molar-refractivity contribution in [1.82, 2.24) is 4.90 Å². The molecular formula is C32H29N2O6PS. The van der Waals surface area contributed by atoms with Gasteiger partial charge < -0.3 is 20.8 Å². The first kappa shape index (κ1) is 29.2. The van der Waals surface area contributed by atoms with E-state index >= 15 is 0 Å². The van der Waals surface area contributed by atoms with Gasteiger partial charge in [0.15, 0.2) is 5.78 Å². The molecule has 2 heterocycles. The topological polar surface area (TPSA) is 138 Å². The Kier molecular flexibility index (Phi) is 8.27. The van der Waals surface area contributed by atoms with Crippen molar-refractivity contribution in [3.05, 3.63) is 113 Å². The van der Waals surface area contributed by atoms with Gasteiger partial charge in [-0.3, -0.25) is 14.4 Å². The van der Waals surface area contributed by atoms with Gasteiger partial charge in [0.05, 0.1) is 22.9 Å². The van der Waals surface area contributed by atoms with Gasteiger partial charge in [-0.05, 0) is 28.9 Å². The minimum atomic E-state index is -3.23. The van der Waals surface area contributed by atoms with E-state index in [-0.39, 0.29) is 28.1 Å². The van der Waals surface area contributed by atoms with Crippen LogP contribution in [0.5, 0.6) is 0 Å². The maximum atomic E-state index is 13.8. The largest absolute Gasteiger partial charge is 0.477 e. The number of β-lactam (4-membered cyclic amide) rings is 1. The number of hydrogen-bond acceptors (Lipinski definition) is 6. The summed E-state index contributed by atoms with van der Waals surface area (Å²) in [6.07, 6.45) is -1.37. The highest BCUT2D eigenvalue weighted by Crippen LogP contribution is 2.49. The number of hydrogen-bond donors (Lipinski definition) is 3. The third-order valence-corrected chi connectivity index (χ3v) is 12.7. The van der Waals surface area contributed by atoms with Crippen molar-refractivity contribution in [2.75, 3.05) is 0 Å². The van der Waals surface area contributed by atoms with Crippen LogP contribution in [-0.4, -0.2) is 56.2 Å². The summed E-state index contributed by atoms with van der Waals surface area (Å²) in [7, 11) is 0. The number of thiophene rings is 1. The monoisotopic (exact) mass is 600 g/mol. The molecule has 3 atom stereocenters. The zero-order valence-corrected chi connectivity index (χ0v) is 24.4. The van der Waals surface area contributed by atoms with Gasteiger partial charge in [-0.25, -0.2) is 4.79 Å². The number of aliphatic hydroxyl groups is 1. The van der Waals surface area contributed by atoms with E-state index in [2.05, 4.69) is 0 Å². The first-order chi connectivity index (χ1) is 20.2. The number of carbonyl (C=O) groups is 4. The van der Waals surface area contributed by atoms with Crippen molar-refractivity contribution in [2.24, 2.45) is 11.7 Å². The highest BCUT2D eigenvalue weighted by molar-refractivity contribution is 7.96. The fourth-order valence-electron chi connectivity index (χ4n) is 5.67. The van der Waals surface area contributed by atoms with Crippen LogP contribution in [0.4, 0.5) is 0 Å². The Morgan fingerprint density at radius 3 is 1.76 bits per heavy atom. The normalized spacial score (nSPS) is 17.3. The Hall–Kier alpha value is -4.30. The summed E-state index contributed by atoms with van der Waals surface area (Å²) in [6, 6.07) is 28.2. The molecule has 1 aliphatic heterocycles. The first-order valence-electron chi connectivity index (χ1n) is 13.3. The van der Waals surface area contributed by atoms with Gasteiger partial charge in [0.25, 0.3) is 5.91 Å². The number of rotatable bonds is 10. The molecule has 4 aromatic rings. The molecule has 4 N–H and O–H groups in total. The van der Waals surface area contributed by atoms with Gasteiger partial charge in [0.2, 0.25) is 5.91 Å². The smallest absolute Gasteiger partial charge is 0.353 e. The van der Waals surface area contributed by atoms with E-state index in [4.69, 9.17) is 5.73 Å². The molecule has 5 rings (SSSR count). The Labute approximate surface area is 247 Å². The van der Waals surface area contributed by atoms with Gasteiger partial charge in [-0.1, -0.05) is 91.0 Å². The van der Waals surface area contributed by atoms with Gasteiger partial charge >= 0.3 is 5.97 Å². The number of ketones is 1. The number of likely N-dealkylation sites (tertiary alicyclic amines) is 1. The van der Waals surface area contributed by atoms with Crippen LogP contribution >= 0.6 is 18.2 Å². The third-order valence-electron chi connectivity index (χ3n) is 7.51. The van der Waals surface area contributed by atoms with Crippen molar-refractivity contribution in [2.45, 2.75) is 25.5 Å². The lowest BCUT2D eigenvalue weighted by Gasteiger charge is -2.50. The minimum Gasteiger partial charge on any atom is -0.477 e. The van der Waals surface area contributed by atoms with E-state index in [1.807, 2.05) is 91.0 Å². The molecule has 8 nitrogen and oxygen atoms in total. The van der Waals surface area contributed by atoms with E-state index in [9.17, 15) is 29.4 Å². The summed E-state index contributed by atoms with van der Waals surface area (Å²) in [5.74, 6) is -3.88. The molecule has 0 saturated carbocycles. The standard InChI is InChI=1S/C32H29N2O6PS/c1-20(35)28-25(18-26(36)21-17-27(29(33)37)42-19-21)34(30(28)38)31(32(39)40)41(22-11-5-2-6-12-22,23-13-7-3-8-14-23)24-15-9-4-10-16-24/h2-17,19-20,25,28,35H,18H2,1H3,(H2,33,37)(H,39,40)/t20-,25-,28-/m1/s1. The van der Waals surface area contributed by atoms with Crippen LogP contribution < -0.4 is 21.6 Å². The molecule has 1 fully saturated rings. The summed E-state index contributed by atoms with van der Waals surface area (Å²) >= 11 is 1.04. The van der Waals surface area contributed by atoms with E-state index in [0.29, 0.717) is 0 Å². The number of nitrogens with two attached hydrogens (primary N) is 1. The third kappa shape index (κ3) is 5.00. The highest BCUT2D eigenvalue weighted by atomic mass is 32.1. The Bertz CT molecular complexity index is 1600. The van der Waals surface area contributed by atoms with E-state index in [1.165, 1.54) is 23.3 Å². The molecule has 1 aromatic heterocycles. The zero-order valence-electron chi connectivity index (χ0n) is 22.7. The second-order valence-electron chi connectivity index (χ2n) is 10.0. The molecule has 0 aliphatic carbocycles. The van der Waals surface area contributed by atoms with Crippen LogP contribution in [0, 0.1) is 5.92 Å². The molecule has 0 bridgehead atoms. The predicted octanol–water partition coefficient (Wildman–Crippen LogP) is 2.84. The number of aliphatic hydroxyl groups excluding tert-OH is 1. The van der Waals surface area contributed by atoms with Crippen LogP contribution in [0.25, 0.3) is 0 Å². The number of carboxylic acids is 1. The SMILES string of the molecule is C[C@@H](O)[C@H]1C(=O)N(C(C(=O)O)=P(c2ccccc2)(c2ccccc2)c2ccccc2)[C@@H]1CC(=O)c1csc(C(N)=O)c1. The van der Waals surface area contributed by atoms with Gasteiger partial charge in [-0.15, -0.1) is 11.3 Å². The average molecular weight is 601 g/mol. The average Bonchev–Trinajstić information content (AvgIpc) is 3.49. The second kappa shape index (κ2) is 11.9. The van der Waals surface area contributed by atoms with Gasteiger partial charge in [-0.2, -0.15) is 0 Å². The number of amides is 2. The van der Waals surface area contributed by atoms with E-state index in [1.54, 1.807) is 0 Å². The number of benzene rings is 3. The van der Waals surface area contributed by atoms with Crippen LogP contribution in [0.15, 0.2) is 102 Å². The number of nitrogens with zero attached hydrogens (tertiary/aromatic N) is 1. The minimum absolute atomic E-state index is 0.131. The lowest BCUT2D eigenvalue weighted by molar-refractivity contribution is -0.156. The summed E-state index contributed by atoms with van der Waals surface area (Å²) in [5, 5.41) is 25.3. The summed E-state index contributed by atoms with van der Waals surface area (Å²) in [6.45, 7) is -1.77. The Morgan fingerprint density at radius 1 is 0.905 bits per heavy atom. The van der Waals surface area contributed by atoms with Crippen molar-refractivity contribution < 1.29 is 29.4 Å². The molecule has 0 unspecified atom stereocenters. The molecule has 10 heteroatoms. The van der Waals surface area contributed by atoms with Crippen LogP contribution in [0.3, 0.4) is 0 Å². The van der Waals surface area contributed by atoms with Crippen molar-refractivity contribution in [1.29, 1.82) is 0 Å². The quantitative estimate of drug-likeness (QED) is 0.145. The maximum Gasteiger partial charge on any atom is 0.353 e. The molecule has 0 radical (unpaired) electrons. The Balaban J connectivity index is 1.80.